The van der Waals surface area contributed by atoms with E-state index in [1.165, 1.54) is 0 Å². The third kappa shape index (κ3) is 4.10. The molecule has 0 aliphatic heterocycles. The minimum Gasteiger partial charge on any atom is -0.308 e. The summed E-state index contributed by atoms with van der Waals surface area (Å²) in [5.74, 6) is -3.01. The quantitative estimate of drug-likeness (QED) is 0.753. The fourth-order valence-electron chi connectivity index (χ4n) is 2.57. The van der Waals surface area contributed by atoms with Gasteiger partial charge in [0, 0.05) is 25.3 Å². The van der Waals surface area contributed by atoms with Gasteiger partial charge in [0.2, 0.25) is 5.92 Å². The van der Waals surface area contributed by atoms with Crippen LogP contribution in [0, 0.1) is 5.92 Å². The Hall–Kier alpha value is -0.820. The van der Waals surface area contributed by atoms with Crippen LogP contribution in [0.3, 0.4) is 0 Å². The molecule has 0 radical (unpaired) electrons. The van der Waals surface area contributed by atoms with Crippen molar-refractivity contribution in [2.24, 2.45) is 5.92 Å². The van der Waals surface area contributed by atoms with Crippen molar-refractivity contribution in [3.05, 3.63) is 16.4 Å². The van der Waals surface area contributed by atoms with E-state index in [2.05, 4.69) is 21.0 Å². The summed E-state index contributed by atoms with van der Waals surface area (Å²) in [6, 6.07) is 0. The van der Waals surface area contributed by atoms with Crippen molar-refractivity contribution in [3.63, 3.8) is 0 Å². The van der Waals surface area contributed by atoms with Gasteiger partial charge in [0.1, 0.15) is 5.69 Å². The Morgan fingerprint density at radius 2 is 2.10 bits per heavy atom. The van der Waals surface area contributed by atoms with Crippen LogP contribution in [-0.2, 0) is 6.54 Å². The number of rotatable bonds is 5. The zero-order valence-corrected chi connectivity index (χ0v) is 13.9. The van der Waals surface area contributed by atoms with Gasteiger partial charge in [0.05, 0.1) is 17.2 Å². The van der Waals surface area contributed by atoms with Crippen LogP contribution in [0.15, 0.2) is 10.7 Å². The highest BCUT2D eigenvalue weighted by atomic mass is 79.9. The van der Waals surface area contributed by atoms with E-state index < -0.39 is 5.92 Å². The maximum absolute atomic E-state index is 13.2. The van der Waals surface area contributed by atoms with Crippen LogP contribution < -0.4 is 0 Å². The van der Waals surface area contributed by atoms with E-state index in [9.17, 15) is 13.6 Å². The van der Waals surface area contributed by atoms with E-state index >= 15 is 0 Å². The number of likely N-dealkylation sites (N-methyl/N-ethyl adjacent to an activating group) is 1. The zero-order chi connectivity index (χ0) is 15.6. The Morgan fingerprint density at radius 3 is 2.67 bits per heavy atom. The van der Waals surface area contributed by atoms with E-state index in [4.69, 9.17) is 0 Å². The van der Waals surface area contributed by atoms with Crippen molar-refractivity contribution in [2.45, 2.75) is 38.2 Å². The molecule has 1 heterocycles. The van der Waals surface area contributed by atoms with Crippen molar-refractivity contribution in [3.8, 4) is 0 Å². The van der Waals surface area contributed by atoms with Gasteiger partial charge in [-0.25, -0.2) is 8.78 Å². The maximum atomic E-state index is 13.2. The molecule has 1 aliphatic carbocycles. The van der Waals surface area contributed by atoms with Crippen molar-refractivity contribution in [1.82, 2.24) is 14.7 Å². The second-order valence-electron chi connectivity index (χ2n) is 5.86. The molecule has 0 atom stereocenters. The standard InChI is InChI=1S/C14H20BrF2N3O/c1-19(2)7-8-20-12(11(15)9-18-20)13(21)10-3-5-14(16,17)6-4-10/h9-10H,3-8H2,1-2H3. The summed E-state index contributed by atoms with van der Waals surface area (Å²) in [7, 11) is 3.90. The summed E-state index contributed by atoms with van der Waals surface area (Å²) in [6.07, 6.45) is 1.69. The molecule has 1 aliphatic rings. The molecular formula is C14H20BrF2N3O. The molecule has 0 aromatic carbocycles. The summed E-state index contributed by atoms with van der Waals surface area (Å²) in [5.41, 5.74) is 0.507. The lowest BCUT2D eigenvalue weighted by atomic mass is 9.83. The molecule has 4 nitrogen and oxygen atoms in total. The molecule has 1 saturated carbocycles. The second kappa shape index (κ2) is 6.52. The number of hydrogen-bond acceptors (Lipinski definition) is 3. The van der Waals surface area contributed by atoms with Crippen molar-refractivity contribution >= 4 is 21.7 Å². The Labute approximate surface area is 131 Å². The average molecular weight is 364 g/mol. The first-order valence-corrected chi connectivity index (χ1v) is 7.87. The van der Waals surface area contributed by atoms with Crippen LogP contribution in [0.25, 0.3) is 0 Å². The first-order valence-electron chi connectivity index (χ1n) is 7.08. The van der Waals surface area contributed by atoms with Crippen LogP contribution >= 0.6 is 15.9 Å². The molecule has 1 fully saturated rings. The lowest BCUT2D eigenvalue weighted by Gasteiger charge is -2.27. The molecule has 0 unspecified atom stereocenters. The lowest BCUT2D eigenvalue weighted by molar-refractivity contribution is -0.0425. The molecule has 2 rings (SSSR count). The number of aromatic nitrogens is 2. The van der Waals surface area contributed by atoms with E-state index in [1.807, 2.05) is 19.0 Å². The first kappa shape index (κ1) is 16.5. The molecule has 0 N–H and O–H groups in total. The maximum Gasteiger partial charge on any atom is 0.248 e. The summed E-state index contributed by atoms with van der Waals surface area (Å²) in [5, 5.41) is 4.21. The fraction of sp³-hybridized carbons (Fsp3) is 0.714. The van der Waals surface area contributed by atoms with Crippen LogP contribution in [0.4, 0.5) is 8.78 Å². The minimum atomic E-state index is -2.61. The molecule has 1 aromatic rings. The van der Waals surface area contributed by atoms with E-state index in [-0.39, 0.29) is 37.4 Å². The van der Waals surface area contributed by atoms with Gasteiger partial charge in [-0.05, 0) is 42.9 Å². The zero-order valence-electron chi connectivity index (χ0n) is 12.3. The summed E-state index contributed by atoms with van der Waals surface area (Å²) in [4.78, 5) is 14.6. The number of Topliss-reactive ketones (excluding diaryl/α,β-unsaturated/α-hetero) is 1. The van der Waals surface area contributed by atoms with Gasteiger partial charge in [-0.1, -0.05) is 0 Å². The van der Waals surface area contributed by atoms with E-state index in [0.29, 0.717) is 16.7 Å². The largest absolute Gasteiger partial charge is 0.308 e. The Kier molecular flexibility index (Phi) is 5.14. The van der Waals surface area contributed by atoms with Gasteiger partial charge < -0.3 is 4.90 Å². The van der Waals surface area contributed by atoms with Gasteiger partial charge >= 0.3 is 0 Å². The third-order valence-electron chi connectivity index (χ3n) is 3.88. The molecular weight excluding hydrogens is 344 g/mol. The van der Waals surface area contributed by atoms with Crippen molar-refractivity contribution in [2.75, 3.05) is 20.6 Å². The summed E-state index contributed by atoms with van der Waals surface area (Å²) >= 11 is 3.35. The number of carbonyl (C=O) groups is 1. The summed E-state index contributed by atoms with van der Waals surface area (Å²) in [6.45, 7) is 1.36. The molecule has 118 valence electrons. The monoisotopic (exact) mass is 363 g/mol. The molecule has 0 bridgehead atoms. The Bertz CT molecular complexity index is 506. The van der Waals surface area contributed by atoms with Gasteiger partial charge in [-0.2, -0.15) is 5.10 Å². The first-order chi connectivity index (χ1) is 9.80. The van der Waals surface area contributed by atoms with Crippen LogP contribution in [0.5, 0.6) is 0 Å². The van der Waals surface area contributed by atoms with Crippen molar-refractivity contribution < 1.29 is 13.6 Å². The van der Waals surface area contributed by atoms with E-state index in [0.717, 1.165) is 6.54 Å². The number of alkyl halides is 2. The fourth-order valence-corrected chi connectivity index (χ4v) is 3.06. The van der Waals surface area contributed by atoms with Gasteiger partial charge in [-0.3, -0.25) is 9.48 Å². The number of nitrogens with zero attached hydrogens (tertiary/aromatic N) is 3. The predicted octanol–water partition coefficient (Wildman–Crippen LogP) is 3.22. The minimum absolute atomic E-state index is 0.0753. The summed E-state index contributed by atoms with van der Waals surface area (Å²) < 4.78 is 28.7. The van der Waals surface area contributed by atoms with Crippen LogP contribution in [0.2, 0.25) is 0 Å². The molecule has 7 heteroatoms. The number of halogens is 3. The highest BCUT2D eigenvalue weighted by molar-refractivity contribution is 9.10. The Balaban J connectivity index is 2.10. The lowest BCUT2D eigenvalue weighted by Crippen LogP contribution is -2.30. The highest BCUT2D eigenvalue weighted by Crippen LogP contribution is 2.38. The van der Waals surface area contributed by atoms with Gasteiger partial charge in [-0.15, -0.1) is 0 Å². The van der Waals surface area contributed by atoms with E-state index in [1.54, 1.807) is 10.9 Å². The number of hydrogen-bond donors (Lipinski definition) is 0. The van der Waals surface area contributed by atoms with Gasteiger partial charge in [0.15, 0.2) is 5.78 Å². The SMILES string of the molecule is CN(C)CCn1ncc(Br)c1C(=O)C1CCC(F)(F)CC1. The molecule has 21 heavy (non-hydrogen) atoms. The average Bonchev–Trinajstić information content (AvgIpc) is 2.76. The second-order valence-corrected chi connectivity index (χ2v) is 6.72. The third-order valence-corrected chi connectivity index (χ3v) is 4.46. The van der Waals surface area contributed by atoms with Crippen molar-refractivity contribution in [1.29, 1.82) is 0 Å². The van der Waals surface area contributed by atoms with Crippen LogP contribution in [-0.4, -0.2) is 47.0 Å². The number of carbonyl (C=O) groups excluding carboxylic acids is 1. The molecule has 0 amide bonds. The topological polar surface area (TPSA) is 38.1 Å². The Morgan fingerprint density at radius 1 is 1.48 bits per heavy atom. The highest BCUT2D eigenvalue weighted by Gasteiger charge is 2.38. The predicted molar refractivity (Wildman–Crippen MR) is 79.7 cm³/mol. The van der Waals surface area contributed by atoms with Crippen LogP contribution in [0.1, 0.15) is 36.2 Å². The normalized spacial score (nSPS) is 19.1. The smallest absolute Gasteiger partial charge is 0.248 e. The van der Waals surface area contributed by atoms with Gasteiger partial charge in [0.25, 0.3) is 0 Å². The molecule has 0 spiro atoms. The molecule has 0 saturated heterocycles. The number of ketones is 1. The molecule has 1 aromatic heterocycles.